The first-order valence-electron chi connectivity index (χ1n) is 12.2. The summed E-state index contributed by atoms with van der Waals surface area (Å²) in [5.41, 5.74) is 1.95. The highest BCUT2D eigenvalue weighted by atomic mass is 32.2. The Balaban J connectivity index is 1.70. The van der Waals surface area contributed by atoms with Crippen LogP contribution in [0.25, 0.3) is 10.2 Å². The molecule has 9 nitrogen and oxygen atoms in total. The third kappa shape index (κ3) is 5.78. The molecule has 1 amide bonds. The normalized spacial score (nSPS) is 16.8. The minimum absolute atomic E-state index is 0.0928. The van der Waals surface area contributed by atoms with Gasteiger partial charge in [-0.25, -0.2) is 8.42 Å². The average molecular weight is 546 g/mol. The predicted octanol–water partition coefficient (Wildman–Crippen LogP) is 3.51. The molecule has 1 saturated heterocycles. The third-order valence-electron chi connectivity index (χ3n) is 6.44. The SMILES string of the molecule is CCCCc1ccc2c(c1)sc(=NC(=O)C1CCCN1S(=O)(=O)c1ccc(OC)cc1)n2CC(=O)OC. The van der Waals surface area contributed by atoms with Crippen molar-refractivity contribution in [3.05, 3.63) is 52.8 Å². The van der Waals surface area contributed by atoms with E-state index in [1.165, 1.54) is 47.6 Å². The van der Waals surface area contributed by atoms with Crippen molar-refractivity contribution in [1.82, 2.24) is 8.87 Å². The van der Waals surface area contributed by atoms with Crippen LogP contribution in [0.15, 0.2) is 52.4 Å². The number of aromatic nitrogens is 1. The number of benzene rings is 2. The number of carbonyl (C=O) groups excluding carboxylic acids is 2. The molecule has 2 aromatic carbocycles. The van der Waals surface area contributed by atoms with Crippen LogP contribution in [0.2, 0.25) is 0 Å². The second-order valence-electron chi connectivity index (χ2n) is 8.85. The number of sulfonamides is 1. The Labute approximate surface area is 220 Å². The number of aryl methyl sites for hydroxylation is 1. The molecule has 198 valence electrons. The molecule has 0 spiro atoms. The highest BCUT2D eigenvalue weighted by Gasteiger charge is 2.39. The molecule has 0 saturated carbocycles. The van der Waals surface area contributed by atoms with Gasteiger partial charge in [0.25, 0.3) is 5.91 Å². The fourth-order valence-corrected chi connectivity index (χ4v) is 7.16. The Hall–Kier alpha value is -3.02. The van der Waals surface area contributed by atoms with Gasteiger partial charge in [-0.05, 0) is 67.6 Å². The van der Waals surface area contributed by atoms with Crippen LogP contribution >= 0.6 is 11.3 Å². The van der Waals surface area contributed by atoms with E-state index in [4.69, 9.17) is 9.47 Å². The van der Waals surface area contributed by atoms with Gasteiger partial charge in [-0.3, -0.25) is 9.59 Å². The van der Waals surface area contributed by atoms with Crippen LogP contribution in [0.4, 0.5) is 0 Å². The fraction of sp³-hybridized carbons (Fsp3) is 0.423. The Kier molecular flexibility index (Phi) is 8.46. The summed E-state index contributed by atoms with van der Waals surface area (Å²) in [6.45, 7) is 2.27. The first-order valence-corrected chi connectivity index (χ1v) is 14.5. The monoisotopic (exact) mass is 545 g/mol. The van der Waals surface area contributed by atoms with Gasteiger partial charge in [0, 0.05) is 6.54 Å². The summed E-state index contributed by atoms with van der Waals surface area (Å²) in [6, 6.07) is 11.2. The van der Waals surface area contributed by atoms with Crippen molar-refractivity contribution in [3.8, 4) is 5.75 Å². The highest BCUT2D eigenvalue weighted by Crippen LogP contribution is 2.28. The molecule has 2 heterocycles. The number of fused-ring (bicyclic) bond motifs is 1. The van der Waals surface area contributed by atoms with E-state index in [9.17, 15) is 18.0 Å². The van der Waals surface area contributed by atoms with Crippen LogP contribution in [0.1, 0.15) is 38.2 Å². The summed E-state index contributed by atoms with van der Waals surface area (Å²) < 4.78 is 40.4. The molecule has 3 aromatic rings. The number of rotatable bonds is 9. The molecule has 1 aromatic heterocycles. The number of hydrogen-bond donors (Lipinski definition) is 0. The molecule has 1 fully saturated rings. The summed E-state index contributed by atoms with van der Waals surface area (Å²) in [7, 11) is -1.09. The molecule has 1 aliphatic rings. The summed E-state index contributed by atoms with van der Waals surface area (Å²) in [5, 5.41) is 0. The number of thiazole rings is 1. The number of esters is 1. The lowest BCUT2D eigenvalue weighted by Gasteiger charge is -2.21. The van der Waals surface area contributed by atoms with E-state index in [0.717, 1.165) is 29.5 Å². The smallest absolute Gasteiger partial charge is 0.325 e. The summed E-state index contributed by atoms with van der Waals surface area (Å²) >= 11 is 1.31. The zero-order chi connectivity index (χ0) is 26.6. The second-order valence-corrected chi connectivity index (χ2v) is 11.8. The molecule has 11 heteroatoms. The molecule has 37 heavy (non-hydrogen) atoms. The Morgan fingerprint density at radius 3 is 2.57 bits per heavy atom. The number of ether oxygens (including phenoxy) is 2. The van der Waals surface area contributed by atoms with E-state index in [1.807, 2.05) is 12.1 Å². The van der Waals surface area contributed by atoms with Crippen molar-refractivity contribution < 1.29 is 27.5 Å². The van der Waals surface area contributed by atoms with Crippen molar-refractivity contribution in [2.75, 3.05) is 20.8 Å². The Bertz CT molecular complexity index is 1460. The van der Waals surface area contributed by atoms with Crippen LogP contribution < -0.4 is 9.54 Å². The molecule has 4 rings (SSSR count). The van der Waals surface area contributed by atoms with Gasteiger partial charge in [0.2, 0.25) is 10.0 Å². The van der Waals surface area contributed by atoms with E-state index in [0.29, 0.717) is 23.4 Å². The van der Waals surface area contributed by atoms with Crippen molar-refractivity contribution in [2.45, 2.75) is 56.5 Å². The summed E-state index contributed by atoms with van der Waals surface area (Å²) in [5.74, 6) is -0.472. The van der Waals surface area contributed by atoms with Crippen LogP contribution in [-0.4, -0.2) is 56.0 Å². The van der Waals surface area contributed by atoms with Gasteiger partial charge in [-0.15, -0.1) is 0 Å². The topological polar surface area (TPSA) is 107 Å². The number of unbranched alkanes of at least 4 members (excludes halogenated alkanes) is 1. The number of amides is 1. The van der Waals surface area contributed by atoms with Gasteiger partial charge >= 0.3 is 5.97 Å². The Morgan fingerprint density at radius 2 is 1.89 bits per heavy atom. The number of hydrogen-bond acceptors (Lipinski definition) is 7. The van der Waals surface area contributed by atoms with Crippen LogP contribution in [-0.2, 0) is 37.3 Å². The maximum absolute atomic E-state index is 13.4. The average Bonchev–Trinajstić information content (AvgIpc) is 3.53. The van der Waals surface area contributed by atoms with Gasteiger partial charge in [0.05, 0.1) is 29.3 Å². The minimum atomic E-state index is -3.90. The molecule has 0 radical (unpaired) electrons. The van der Waals surface area contributed by atoms with Crippen LogP contribution in [0.3, 0.4) is 0 Å². The maximum Gasteiger partial charge on any atom is 0.325 e. The molecular formula is C26H31N3O6S2. The van der Waals surface area contributed by atoms with Crippen molar-refractivity contribution in [2.24, 2.45) is 4.99 Å². The number of methoxy groups -OCH3 is 2. The van der Waals surface area contributed by atoms with Crippen molar-refractivity contribution >= 4 is 43.5 Å². The summed E-state index contributed by atoms with van der Waals surface area (Å²) in [4.78, 5) is 30.3. The molecular weight excluding hydrogens is 514 g/mol. The van der Waals surface area contributed by atoms with Gasteiger partial charge < -0.3 is 14.0 Å². The largest absolute Gasteiger partial charge is 0.497 e. The standard InChI is InChI=1S/C26H31N3O6S2/c1-4-5-7-18-9-14-21-23(16-18)36-26(28(21)17-24(30)35-3)27-25(31)22-8-6-15-29(22)37(32,33)20-12-10-19(34-2)11-13-20/h9-14,16,22H,4-8,15,17H2,1-3H3. The number of nitrogens with zero attached hydrogens (tertiary/aromatic N) is 3. The maximum atomic E-state index is 13.4. The predicted molar refractivity (Wildman–Crippen MR) is 141 cm³/mol. The zero-order valence-electron chi connectivity index (χ0n) is 21.2. The van der Waals surface area contributed by atoms with Crippen LogP contribution in [0.5, 0.6) is 5.75 Å². The van der Waals surface area contributed by atoms with E-state index in [-0.39, 0.29) is 18.0 Å². The zero-order valence-corrected chi connectivity index (χ0v) is 22.8. The lowest BCUT2D eigenvalue weighted by molar-refractivity contribution is -0.141. The fourth-order valence-electron chi connectivity index (χ4n) is 4.41. The van der Waals surface area contributed by atoms with Gasteiger partial charge in [0.15, 0.2) is 4.80 Å². The first-order chi connectivity index (χ1) is 17.8. The molecule has 0 aliphatic carbocycles. The Morgan fingerprint density at radius 1 is 1.14 bits per heavy atom. The van der Waals surface area contributed by atoms with Gasteiger partial charge in [-0.2, -0.15) is 9.30 Å². The van der Waals surface area contributed by atoms with E-state index in [2.05, 4.69) is 18.0 Å². The van der Waals surface area contributed by atoms with Gasteiger partial charge in [0.1, 0.15) is 18.3 Å². The van der Waals surface area contributed by atoms with Crippen molar-refractivity contribution in [3.63, 3.8) is 0 Å². The molecule has 1 aliphatic heterocycles. The minimum Gasteiger partial charge on any atom is -0.497 e. The second kappa shape index (κ2) is 11.6. The summed E-state index contributed by atoms with van der Waals surface area (Å²) in [6.07, 6.45) is 4.01. The first kappa shape index (κ1) is 27.0. The third-order valence-corrected chi connectivity index (χ3v) is 9.41. The molecule has 0 N–H and O–H groups in total. The molecule has 0 bridgehead atoms. The van der Waals surface area contributed by atoms with E-state index in [1.54, 1.807) is 16.7 Å². The number of carbonyl (C=O) groups is 2. The highest BCUT2D eigenvalue weighted by molar-refractivity contribution is 7.89. The molecule has 1 atom stereocenters. The lowest BCUT2D eigenvalue weighted by atomic mass is 10.1. The quantitative estimate of drug-likeness (QED) is 0.381. The van der Waals surface area contributed by atoms with Crippen LogP contribution in [0, 0.1) is 0 Å². The molecule has 1 unspecified atom stereocenters. The van der Waals surface area contributed by atoms with Crippen molar-refractivity contribution in [1.29, 1.82) is 0 Å². The van der Waals surface area contributed by atoms with Gasteiger partial charge in [-0.1, -0.05) is 30.7 Å². The van der Waals surface area contributed by atoms with E-state index >= 15 is 0 Å². The van der Waals surface area contributed by atoms with E-state index < -0.39 is 27.9 Å². The lowest BCUT2D eigenvalue weighted by Crippen LogP contribution is -2.40.